The molecule has 0 unspecified atom stereocenters. The van der Waals surface area contributed by atoms with E-state index in [0.717, 1.165) is 11.3 Å². The van der Waals surface area contributed by atoms with Gasteiger partial charge in [-0.3, -0.25) is 29.7 Å². The molecule has 0 atom stereocenters. The van der Waals surface area contributed by atoms with Crippen LogP contribution in [-0.2, 0) is 16.1 Å². The summed E-state index contributed by atoms with van der Waals surface area (Å²) in [6.45, 7) is 3.41. The quantitative estimate of drug-likeness (QED) is 0.545. The van der Waals surface area contributed by atoms with Crippen molar-refractivity contribution in [2.75, 3.05) is 36.9 Å². The highest BCUT2D eigenvalue weighted by atomic mass is 16.2. The molecule has 3 N–H and O–H groups in total. The first kappa shape index (κ1) is 23.5. The van der Waals surface area contributed by atoms with Crippen molar-refractivity contribution in [3.63, 3.8) is 0 Å². The van der Waals surface area contributed by atoms with E-state index in [1.54, 1.807) is 24.3 Å². The maximum absolute atomic E-state index is 13.4. The predicted molar refractivity (Wildman–Crippen MR) is 133 cm³/mol. The molecule has 5 heterocycles. The van der Waals surface area contributed by atoms with Gasteiger partial charge in [-0.05, 0) is 25.0 Å². The molecule has 5 rings (SSSR count). The number of urea groups is 1. The Balaban J connectivity index is 1.52. The van der Waals surface area contributed by atoms with Gasteiger partial charge in [0.05, 0.1) is 30.0 Å². The van der Waals surface area contributed by atoms with Crippen LogP contribution in [0.4, 0.5) is 16.4 Å². The molecule has 1 saturated heterocycles. The fourth-order valence-electron chi connectivity index (χ4n) is 4.82. The molecule has 12 heteroatoms. The Morgan fingerprint density at radius 1 is 1.11 bits per heavy atom. The van der Waals surface area contributed by atoms with Crippen molar-refractivity contribution in [1.82, 2.24) is 29.7 Å². The van der Waals surface area contributed by atoms with Crippen LogP contribution < -0.4 is 16.0 Å². The van der Waals surface area contributed by atoms with Crippen LogP contribution in [0.2, 0.25) is 0 Å². The zero-order chi connectivity index (χ0) is 25.4. The van der Waals surface area contributed by atoms with Crippen molar-refractivity contribution in [2.24, 2.45) is 5.73 Å². The van der Waals surface area contributed by atoms with Gasteiger partial charge in [-0.2, -0.15) is 0 Å². The largest absolute Gasteiger partial charge is 0.369 e. The first-order valence-electron chi connectivity index (χ1n) is 11.7. The summed E-state index contributed by atoms with van der Waals surface area (Å²) in [6, 6.07) is 3.58. The number of pyridine rings is 2. The highest BCUT2D eigenvalue weighted by Gasteiger charge is 2.37. The maximum Gasteiger partial charge on any atom is 0.324 e. The van der Waals surface area contributed by atoms with E-state index in [9.17, 15) is 14.4 Å². The van der Waals surface area contributed by atoms with E-state index in [-0.39, 0.29) is 36.4 Å². The summed E-state index contributed by atoms with van der Waals surface area (Å²) in [7, 11) is 1.78. The zero-order valence-electron chi connectivity index (χ0n) is 20.1. The number of hydrogen-bond donors (Lipinski definition) is 2. The van der Waals surface area contributed by atoms with E-state index in [1.165, 1.54) is 6.92 Å². The number of likely N-dealkylation sites (tertiary alicyclic amines) is 1. The number of aromatic nitrogens is 4. The lowest BCUT2D eigenvalue weighted by Gasteiger charge is -2.43. The van der Waals surface area contributed by atoms with Crippen molar-refractivity contribution in [3.05, 3.63) is 36.3 Å². The van der Waals surface area contributed by atoms with E-state index in [1.807, 2.05) is 28.1 Å². The standard InChI is InChI=1S/C24H27N9O3/c1-14(34)29-23-27-9-15(10-28-23)18-3-4-19-21(30-18)22-16(11-26-19)12-31(2)24(36)33(22)17-5-7-32(8-6-17)13-20(25)35/h3-4,9-11,17H,5-8,12-13H2,1-2H3,(H2,25,35)(H,27,28,29,34). The van der Waals surface area contributed by atoms with Crippen LogP contribution in [0.3, 0.4) is 0 Å². The second-order valence-corrected chi connectivity index (χ2v) is 9.16. The van der Waals surface area contributed by atoms with Crippen molar-refractivity contribution < 1.29 is 14.4 Å². The summed E-state index contributed by atoms with van der Waals surface area (Å²) in [4.78, 5) is 59.4. The molecule has 2 aliphatic heterocycles. The molecule has 36 heavy (non-hydrogen) atoms. The minimum Gasteiger partial charge on any atom is -0.369 e. The molecule has 3 aromatic heterocycles. The van der Waals surface area contributed by atoms with Crippen LogP contribution in [-0.4, -0.2) is 80.3 Å². The lowest BCUT2D eigenvalue weighted by Crippen LogP contribution is -2.54. The van der Waals surface area contributed by atoms with Crippen molar-refractivity contribution in [1.29, 1.82) is 0 Å². The molecular weight excluding hydrogens is 462 g/mol. The number of rotatable bonds is 5. The van der Waals surface area contributed by atoms with Crippen LogP contribution >= 0.6 is 0 Å². The number of carbonyl (C=O) groups is 3. The second-order valence-electron chi connectivity index (χ2n) is 9.16. The fraction of sp³-hybridized carbons (Fsp3) is 0.375. The first-order chi connectivity index (χ1) is 17.3. The monoisotopic (exact) mass is 489 g/mol. The fourth-order valence-corrected chi connectivity index (χ4v) is 4.82. The molecule has 4 amide bonds. The zero-order valence-corrected chi connectivity index (χ0v) is 20.1. The number of hydrogen-bond acceptors (Lipinski definition) is 8. The lowest BCUT2D eigenvalue weighted by molar-refractivity contribution is -0.119. The molecule has 186 valence electrons. The molecule has 0 radical (unpaired) electrons. The second kappa shape index (κ2) is 9.46. The van der Waals surface area contributed by atoms with E-state index >= 15 is 0 Å². The van der Waals surface area contributed by atoms with Crippen molar-refractivity contribution >= 4 is 40.5 Å². The van der Waals surface area contributed by atoms with E-state index in [2.05, 4.69) is 20.3 Å². The van der Waals surface area contributed by atoms with Gasteiger partial charge in [0.1, 0.15) is 5.52 Å². The predicted octanol–water partition coefficient (Wildman–Crippen LogP) is 1.37. The number of nitrogens with one attached hydrogen (secondary N) is 1. The smallest absolute Gasteiger partial charge is 0.324 e. The summed E-state index contributed by atoms with van der Waals surface area (Å²) >= 11 is 0. The molecule has 0 saturated carbocycles. The van der Waals surface area contributed by atoms with E-state index in [0.29, 0.717) is 54.8 Å². The van der Waals surface area contributed by atoms with Gasteiger partial charge in [-0.15, -0.1) is 0 Å². The average Bonchev–Trinajstić information content (AvgIpc) is 2.85. The molecule has 0 bridgehead atoms. The van der Waals surface area contributed by atoms with Gasteiger partial charge < -0.3 is 10.6 Å². The number of fused-ring (bicyclic) bond motifs is 3. The summed E-state index contributed by atoms with van der Waals surface area (Å²) < 4.78 is 0. The summed E-state index contributed by atoms with van der Waals surface area (Å²) in [5.74, 6) is -0.386. The van der Waals surface area contributed by atoms with Gasteiger partial charge in [0.15, 0.2) is 0 Å². The molecular formula is C24H27N9O3. The average molecular weight is 490 g/mol. The molecule has 0 aliphatic carbocycles. The van der Waals surface area contributed by atoms with E-state index in [4.69, 9.17) is 10.7 Å². The number of primary amides is 1. The minimum atomic E-state index is -0.351. The molecule has 3 aromatic rings. The van der Waals surface area contributed by atoms with Gasteiger partial charge in [-0.1, -0.05) is 0 Å². The number of nitrogens with two attached hydrogens (primary N) is 1. The Hall–Kier alpha value is -4.19. The Bertz CT molecular complexity index is 1340. The van der Waals surface area contributed by atoms with Crippen LogP contribution in [0.5, 0.6) is 0 Å². The maximum atomic E-state index is 13.4. The number of carbonyl (C=O) groups excluding carboxylic acids is 3. The van der Waals surface area contributed by atoms with Crippen molar-refractivity contribution in [3.8, 4) is 11.3 Å². The summed E-state index contributed by atoms with van der Waals surface area (Å²) in [6.07, 6.45) is 6.44. The Morgan fingerprint density at radius 2 is 1.83 bits per heavy atom. The number of anilines is 2. The lowest BCUT2D eigenvalue weighted by atomic mass is 9.99. The molecule has 0 aromatic carbocycles. The van der Waals surface area contributed by atoms with Crippen LogP contribution in [0.1, 0.15) is 25.3 Å². The van der Waals surface area contributed by atoms with Crippen LogP contribution in [0, 0.1) is 0 Å². The Kier molecular flexibility index (Phi) is 6.18. The number of piperidine rings is 1. The van der Waals surface area contributed by atoms with Gasteiger partial charge in [-0.25, -0.2) is 19.7 Å². The third-order valence-corrected chi connectivity index (χ3v) is 6.48. The first-order valence-corrected chi connectivity index (χ1v) is 11.7. The SMILES string of the molecule is CC(=O)Nc1ncc(-c2ccc3ncc4c(c3n2)N(C2CCN(CC(N)=O)CC2)C(=O)N(C)C4)cn1. The number of amides is 4. The minimum absolute atomic E-state index is 0.0422. The van der Waals surface area contributed by atoms with Gasteiger partial charge in [0.2, 0.25) is 17.8 Å². The summed E-state index contributed by atoms with van der Waals surface area (Å²) in [5, 5.41) is 2.55. The van der Waals surface area contributed by atoms with Crippen LogP contribution in [0.15, 0.2) is 30.7 Å². The molecule has 2 aliphatic rings. The van der Waals surface area contributed by atoms with E-state index < -0.39 is 0 Å². The van der Waals surface area contributed by atoms with Gasteiger partial charge in [0.25, 0.3) is 0 Å². The molecule has 1 fully saturated rings. The normalized spacial score (nSPS) is 16.8. The highest BCUT2D eigenvalue weighted by Crippen LogP contribution is 2.37. The number of nitrogens with zero attached hydrogens (tertiary/aromatic N) is 7. The van der Waals surface area contributed by atoms with Gasteiger partial charge in [0, 0.05) is 62.8 Å². The Morgan fingerprint density at radius 3 is 2.50 bits per heavy atom. The third-order valence-electron chi connectivity index (χ3n) is 6.48. The third kappa shape index (κ3) is 4.54. The molecule has 0 spiro atoms. The Labute approximate surface area is 207 Å². The summed E-state index contributed by atoms with van der Waals surface area (Å²) in [5.41, 5.74) is 9.69. The van der Waals surface area contributed by atoms with Gasteiger partial charge >= 0.3 is 6.03 Å². The highest BCUT2D eigenvalue weighted by molar-refractivity contribution is 6.04. The van der Waals surface area contributed by atoms with Crippen molar-refractivity contribution in [2.45, 2.75) is 32.4 Å². The molecule has 12 nitrogen and oxygen atoms in total. The topological polar surface area (TPSA) is 151 Å². The van der Waals surface area contributed by atoms with Crippen LogP contribution in [0.25, 0.3) is 22.3 Å².